The van der Waals surface area contributed by atoms with Crippen molar-refractivity contribution in [3.8, 4) is 0 Å². The lowest BCUT2D eigenvalue weighted by Crippen LogP contribution is -2.19. The van der Waals surface area contributed by atoms with Crippen molar-refractivity contribution < 1.29 is 9.53 Å². The van der Waals surface area contributed by atoms with E-state index in [1.807, 2.05) is 60.7 Å². The summed E-state index contributed by atoms with van der Waals surface area (Å²) in [6.45, 7) is 0. The molecule has 0 spiro atoms. The molecule has 0 saturated heterocycles. The van der Waals surface area contributed by atoms with Crippen LogP contribution in [0.5, 0.6) is 0 Å². The summed E-state index contributed by atoms with van der Waals surface area (Å²) in [5, 5.41) is 0. The number of pyridine rings is 1. The maximum absolute atomic E-state index is 12.4. The van der Waals surface area contributed by atoms with Gasteiger partial charge in [0.15, 0.2) is 11.5 Å². The Morgan fingerprint density at radius 3 is 1.74 bits per heavy atom. The van der Waals surface area contributed by atoms with Crippen LogP contribution in [0.1, 0.15) is 17.2 Å². The molecule has 0 aliphatic rings. The van der Waals surface area contributed by atoms with E-state index >= 15 is 0 Å². The average molecular weight is 305 g/mol. The lowest BCUT2D eigenvalue weighted by molar-refractivity contribution is 0.118. The fourth-order valence-electron chi connectivity index (χ4n) is 2.28. The van der Waals surface area contributed by atoms with Crippen LogP contribution in [0.2, 0.25) is 0 Å². The highest BCUT2D eigenvalue weighted by Crippen LogP contribution is 2.26. The number of carbonyl (C=O) groups is 1. The molecule has 0 radical (unpaired) electrons. The first-order chi connectivity index (χ1) is 11.2. The van der Waals surface area contributed by atoms with Crippen LogP contribution in [0.4, 0.5) is 4.79 Å². The van der Waals surface area contributed by atoms with Crippen molar-refractivity contribution in [3.05, 3.63) is 107 Å². The molecule has 3 rings (SSSR count). The molecule has 0 N–H and O–H groups in total. The van der Waals surface area contributed by atoms with E-state index < -0.39 is 12.2 Å². The van der Waals surface area contributed by atoms with Crippen molar-refractivity contribution in [1.82, 2.24) is 4.57 Å². The van der Waals surface area contributed by atoms with E-state index in [1.165, 1.54) is 29.1 Å². The van der Waals surface area contributed by atoms with E-state index in [2.05, 4.69) is 0 Å². The lowest BCUT2D eigenvalue weighted by Gasteiger charge is -2.19. The van der Waals surface area contributed by atoms with Crippen molar-refractivity contribution in [2.24, 2.45) is 0 Å². The van der Waals surface area contributed by atoms with Crippen molar-refractivity contribution in [2.45, 2.75) is 6.10 Å². The van der Waals surface area contributed by atoms with Gasteiger partial charge in [-0.3, -0.25) is 9.36 Å². The molecule has 1 aromatic heterocycles. The minimum Gasteiger partial charge on any atom is -0.436 e. The van der Waals surface area contributed by atoms with E-state index in [0.717, 1.165) is 11.1 Å². The third-order valence-electron chi connectivity index (χ3n) is 3.43. The fraction of sp³-hybridized carbons (Fsp3) is 0.0526. The molecule has 1 heterocycles. The molecular weight excluding hydrogens is 290 g/mol. The molecule has 4 nitrogen and oxygen atoms in total. The largest absolute Gasteiger partial charge is 0.436 e. The molecule has 0 atom stereocenters. The topological polar surface area (TPSA) is 48.3 Å². The summed E-state index contributed by atoms with van der Waals surface area (Å²) >= 11 is 0. The molecule has 114 valence electrons. The van der Waals surface area contributed by atoms with Gasteiger partial charge in [-0.15, -0.1) is 0 Å². The maximum Gasteiger partial charge on any atom is 0.418 e. The third kappa shape index (κ3) is 3.55. The van der Waals surface area contributed by atoms with Crippen molar-refractivity contribution in [1.29, 1.82) is 0 Å². The molecule has 0 aliphatic heterocycles. The summed E-state index contributed by atoms with van der Waals surface area (Å²) in [5.41, 5.74) is 1.61. The molecule has 4 heteroatoms. The Balaban J connectivity index is 1.92. The van der Waals surface area contributed by atoms with Crippen LogP contribution in [0.25, 0.3) is 0 Å². The zero-order valence-electron chi connectivity index (χ0n) is 12.3. The van der Waals surface area contributed by atoms with Gasteiger partial charge in [-0.05, 0) is 11.1 Å². The minimum absolute atomic E-state index is 0.156. The lowest BCUT2D eigenvalue weighted by atomic mass is 10.0. The standard InChI is InChI=1S/C19H15NO3/c21-17-11-13-20(14-12-17)19(22)23-18(15-7-3-1-4-8-15)16-9-5-2-6-10-16/h1-14,18H. The van der Waals surface area contributed by atoms with E-state index in [9.17, 15) is 9.59 Å². The van der Waals surface area contributed by atoms with Gasteiger partial charge in [0.1, 0.15) is 0 Å². The number of rotatable bonds is 3. The van der Waals surface area contributed by atoms with Gasteiger partial charge in [0, 0.05) is 24.5 Å². The summed E-state index contributed by atoms with van der Waals surface area (Å²) in [7, 11) is 0. The van der Waals surface area contributed by atoms with Gasteiger partial charge in [0.05, 0.1) is 0 Å². The van der Waals surface area contributed by atoms with Gasteiger partial charge >= 0.3 is 6.09 Å². The molecule has 0 aliphatic carbocycles. The SMILES string of the molecule is O=C(OC(c1ccccc1)c1ccccc1)n1ccc(=O)cc1. The highest BCUT2D eigenvalue weighted by atomic mass is 16.6. The highest BCUT2D eigenvalue weighted by Gasteiger charge is 2.19. The van der Waals surface area contributed by atoms with Gasteiger partial charge in [0.25, 0.3) is 0 Å². The quantitative estimate of drug-likeness (QED) is 0.742. The number of ether oxygens (including phenoxy) is 1. The van der Waals surface area contributed by atoms with Crippen LogP contribution in [-0.4, -0.2) is 10.7 Å². The Morgan fingerprint density at radius 2 is 1.26 bits per heavy atom. The third-order valence-corrected chi connectivity index (χ3v) is 3.43. The summed E-state index contributed by atoms with van der Waals surface area (Å²) in [5.74, 6) is 0. The van der Waals surface area contributed by atoms with Crippen LogP contribution in [0.15, 0.2) is 90.0 Å². The smallest absolute Gasteiger partial charge is 0.418 e. The monoisotopic (exact) mass is 305 g/mol. The first-order valence-electron chi connectivity index (χ1n) is 7.23. The molecule has 3 aromatic rings. The summed E-state index contributed by atoms with van der Waals surface area (Å²) in [4.78, 5) is 23.5. The Hall–Kier alpha value is -3.14. The van der Waals surface area contributed by atoms with E-state index in [-0.39, 0.29) is 5.43 Å². The van der Waals surface area contributed by atoms with Gasteiger partial charge < -0.3 is 4.74 Å². The second kappa shape index (κ2) is 6.75. The van der Waals surface area contributed by atoms with Crippen LogP contribution in [0, 0.1) is 0 Å². The Bertz CT molecular complexity index is 781. The zero-order valence-corrected chi connectivity index (χ0v) is 12.3. The number of benzene rings is 2. The summed E-state index contributed by atoms with van der Waals surface area (Å²) in [6, 6.07) is 21.7. The van der Waals surface area contributed by atoms with Crippen LogP contribution < -0.4 is 5.43 Å². The average Bonchev–Trinajstić information content (AvgIpc) is 2.61. The zero-order chi connectivity index (χ0) is 16.1. The van der Waals surface area contributed by atoms with Gasteiger partial charge in [-0.2, -0.15) is 0 Å². The Kier molecular flexibility index (Phi) is 4.34. The van der Waals surface area contributed by atoms with E-state index in [0.29, 0.717) is 0 Å². The van der Waals surface area contributed by atoms with Gasteiger partial charge in [-0.25, -0.2) is 4.79 Å². The fourth-order valence-corrected chi connectivity index (χ4v) is 2.28. The first-order valence-corrected chi connectivity index (χ1v) is 7.23. The van der Waals surface area contributed by atoms with E-state index in [1.54, 1.807) is 0 Å². The Labute approximate surface area is 133 Å². The molecule has 0 unspecified atom stereocenters. The number of hydrogen-bond acceptors (Lipinski definition) is 3. The number of carbonyl (C=O) groups excluding carboxylic acids is 1. The normalized spacial score (nSPS) is 10.5. The molecular formula is C19H15NO3. The molecule has 0 bridgehead atoms. The highest BCUT2D eigenvalue weighted by molar-refractivity contribution is 5.70. The second-order valence-electron chi connectivity index (χ2n) is 5.03. The molecule has 0 saturated carbocycles. The molecule has 23 heavy (non-hydrogen) atoms. The number of nitrogens with zero attached hydrogens (tertiary/aromatic N) is 1. The van der Waals surface area contributed by atoms with Crippen molar-refractivity contribution >= 4 is 6.09 Å². The van der Waals surface area contributed by atoms with E-state index in [4.69, 9.17) is 4.74 Å². The van der Waals surface area contributed by atoms with Crippen molar-refractivity contribution in [2.75, 3.05) is 0 Å². The molecule has 2 aromatic carbocycles. The number of hydrogen-bond donors (Lipinski definition) is 0. The molecule has 0 fully saturated rings. The summed E-state index contributed by atoms with van der Waals surface area (Å²) in [6.07, 6.45) is 1.75. The maximum atomic E-state index is 12.4. The van der Waals surface area contributed by atoms with Gasteiger partial charge in [0.2, 0.25) is 0 Å². The first kappa shape index (κ1) is 14.8. The van der Waals surface area contributed by atoms with Gasteiger partial charge in [-0.1, -0.05) is 60.7 Å². The predicted molar refractivity (Wildman–Crippen MR) is 87.3 cm³/mol. The second-order valence-corrected chi connectivity index (χ2v) is 5.03. The van der Waals surface area contributed by atoms with Crippen LogP contribution in [-0.2, 0) is 4.74 Å². The molecule has 0 amide bonds. The summed E-state index contributed by atoms with van der Waals surface area (Å²) < 4.78 is 6.92. The number of aromatic nitrogens is 1. The predicted octanol–water partition coefficient (Wildman–Crippen LogP) is 3.62. The van der Waals surface area contributed by atoms with Crippen molar-refractivity contribution in [3.63, 3.8) is 0 Å². The Morgan fingerprint density at radius 1 is 0.783 bits per heavy atom. The van der Waals surface area contributed by atoms with Crippen LogP contribution in [0.3, 0.4) is 0 Å². The minimum atomic E-state index is -0.539. The van der Waals surface area contributed by atoms with Crippen LogP contribution >= 0.6 is 0 Å².